The number of amides is 1. The molecule has 0 saturated carbocycles. The van der Waals surface area contributed by atoms with Crippen LogP contribution in [0.3, 0.4) is 0 Å². The van der Waals surface area contributed by atoms with E-state index in [1.807, 2.05) is 0 Å². The lowest BCUT2D eigenvalue weighted by atomic mass is 10.2. The lowest BCUT2D eigenvalue weighted by molar-refractivity contribution is 0.0827. The normalized spacial score (nSPS) is 11.3. The van der Waals surface area contributed by atoms with Crippen molar-refractivity contribution in [1.29, 1.82) is 0 Å². The third kappa shape index (κ3) is 3.23. The van der Waals surface area contributed by atoms with Gasteiger partial charge in [-0.05, 0) is 18.2 Å². The van der Waals surface area contributed by atoms with Crippen LogP contribution < -0.4 is 4.72 Å². The van der Waals surface area contributed by atoms with E-state index < -0.39 is 10.0 Å². The second-order valence-electron chi connectivity index (χ2n) is 4.84. The van der Waals surface area contributed by atoms with Gasteiger partial charge in [-0.2, -0.15) is 8.42 Å². The third-order valence-corrected chi connectivity index (χ3v) is 4.73. The summed E-state index contributed by atoms with van der Waals surface area (Å²) >= 11 is 5.90. The lowest BCUT2D eigenvalue weighted by Gasteiger charge is -2.12. The topological polar surface area (TPSA) is 84.3 Å². The van der Waals surface area contributed by atoms with Crippen molar-refractivity contribution < 1.29 is 13.2 Å². The maximum atomic E-state index is 12.3. The van der Waals surface area contributed by atoms with E-state index in [1.165, 1.54) is 21.9 Å². The van der Waals surface area contributed by atoms with Crippen LogP contribution in [0.4, 0.5) is 5.69 Å². The molecule has 0 fully saturated rings. The second kappa shape index (κ2) is 5.98. The Bertz CT molecular complexity index is 814. The zero-order valence-corrected chi connectivity index (χ0v) is 13.8. The zero-order valence-electron chi connectivity index (χ0n) is 12.2. The highest BCUT2D eigenvalue weighted by Crippen LogP contribution is 2.22. The van der Waals surface area contributed by atoms with E-state index in [4.69, 9.17) is 11.6 Å². The summed E-state index contributed by atoms with van der Waals surface area (Å²) in [4.78, 5) is 17.1. The number of rotatable bonds is 4. The SMILES string of the molecule is CN(C)C(=O)c1cccc(NS(=O)(=O)c2ncn(C)c2Cl)c1. The molecule has 22 heavy (non-hydrogen) atoms. The smallest absolute Gasteiger partial charge is 0.282 e. The number of carbonyl (C=O) groups is 1. The molecule has 118 valence electrons. The minimum Gasteiger partial charge on any atom is -0.345 e. The van der Waals surface area contributed by atoms with Crippen molar-refractivity contribution in [2.45, 2.75) is 5.03 Å². The predicted octanol–water partition coefficient (Wildman–Crippen LogP) is 1.58. The number of carbonyl (C=O) groups excluding carboxylic acids is 1. The fourth-order valence-corrected chi connectivity index (χ4v) is 3.23. The van der Waals surface area contributed by atoms with E-state index in [0.29, 0.717) is 5.56 Å². The minimum atomic E-state index is -3.92. The Morgan fingerprint density at radius 2 is 2.05 bits per heavy atom. The van der Waals surface area contributed by atoms with E-state index >= 15 is 0 Å². The molecule has 0 radical (unpaired) electrons. The molecule has 0 aliphatic rings. The fraction of sp³-hybridized carbons (Fsp3) is 0.231. The summed E-state index contributed by atoms with van der Waals surface area (Å²) in [6.45, 7) is 0. The summed E-state index contributed by atoms with van der Waals surface area (Å²) in [7, 11) is 0.899. The molecule has 0 aliphatic heterocycles. The van der Waals surface area contributed by atoms with Crippen LogP contribution in [0.2, 0.25) is 5.15 Å². The van der Waals surface area contributed by atoms with Gasteiger partial charge in [0.05, 0.1) is 6.33 Å². The van der Waals surface area contributed by atoms with Crippen molar-refractivity contribution >= 4 is 33.2 Å². The monoisotopic (exact) mass is 342 g/mol. The summed E-state index contributed by atoms with van der Waals surface area (Å²) in [6.07, 6.45) is 1.31. The summed E-state index contributed by atoms with van der Waals surface area (Å²) in [6, 6.07) is 6.19. The Labute approximate surface area is 133 Å². The molecular weight excluding hydrogens is 328 g/mol. The molecular formula is C13H15ClN4O3S. The molecule has 1 aromatic carbocycles. The Kier molecular flexibility index (Phi) is 4.43. The summed E-state index contributed by atoms with van der Waals surface area (Å²) in [5.41, 5.74) is 0.631. The number of anilines is 1. The Hall–Kier alpha value is -2.06. The van der Waals surface area contributed by atoms with E-state index in [2.05, 4.69) is 9.71 Å². The Morgan fingerprint density at radius 3 is 2.59 bits per heavy atom. The highest BCUT2D eigenvalue weighted by atomic mass is 35.5. The van der Waals surface area contributed by atoms with Crippen LogP contribution in [0.1, 0.15) is 10.4 Å². The van der Waals surface area contributed by atoms with E-state index in [9.17, 15) is 13.2 Å². The number of imidazole rings is 1. The molecule has 2 aromatic rings. The zero-order chi connectivity index (χ0) is 16.5. The molecule has 1 amide bonds. The molecule has 0 atom stereocenters. The van der Waals surface area contributed by atoms with E-state index in [-0.39, 0.29) is 21.8 Å². The largest absolute Gasteiger partial charge is 0.345 e. The number of nitrogens with one attached hydrogen (secondary N) is 1. The van der Waals surface area contributed by atoms with Crippen LogP contribution in [0.5, 0.6) is 0 Å². The highest BCUT2D eigenvalue weighted by molar-refractivity contribution is 7.92. The predicted molar refractivity (Wildman–Crippen MR) is 83.5 cm³/mol. The van der Waals surface area contributed by atoms with Crippen molar-refractivity contribution in [3.05, 3.63) is 41.3 Å². The molecule has 1 aromatic heterocycles. The van der Waals surface area contributed by atoms with Gasteiger partial charge in [-0.15, -0.1) is 0 Å². The number of nitrogens with zero attached hydrogens (tertiary/aromatic N) is 3. The first-order valence-electron chi connectivity index (χ1n) is 6.23. The van der Waals surface area contributed by atoms with Crippen LogP contribution in [0.15, 0.2) is 35.6 Å². The molecule has 0 unspecified atom stereocenters. The van der Waals surface area contributed by atoms with Gasteiger partial charge in [0, 0.05) is 32.4 Å². The maximum Gasteiger partial charge on any atom is 0.282 e. The molecule has 0 aliphatic carbocycles. The summed E-state index contributed by atoms with van der Waals surface area (Å²) < 4.78 is 28.3. The number of hydrogen-bond acceptors (Lipinski definition) is 4. The van der Waals surface area contributed by atoms with Crippen LogP contribution in [0.25, 0.3) is 0 Å². The molecule has 1 N–H and O–H groups in total. The molecule has 1 heterocycles. The molecule has 9 heteroatoms. The average Bonchev–Trinajstić information content (AvgIpc) is 2.78. The lowest BCUT2D eigenvalue weighted by Crippen LogP contribution is -2.22. The van der Waals surface area contributed by atoms with Gasteiger partial charge in [-0.1, -0.05) is 17.7 Å². The highest BCUT2D eigenvalue weighted by Gasteiger charge is 2.22. The van der Waals surface area contributed by atoms with E-state index in [1.54, 1.807) is 39.3 Å². The van der Waals surface area contributed by atoms with Crippen LogP contribution in [0, 0.1) is 0 Å². The van der Waals surface area contributed by atoms with Crippen LogP contribution >= 0.6 is 11.6 Å². The van der Waals surface area contributed by atoms with Crippen molar-refractivity contribution in [1.82, 2.24) is 14.5 Å². The van der Waals surface area contributed by atoms with Crippen LogP contribution in [-0.4, -0.2) is 42.9 Å². The van der Waals surface area contributed by atoms with Gasteiger partial charge >= 0.3 is 0 Å². The molecule has 0 saturated heterocycles. The second-order valence-corrected chi connectivity index (χ2v) is 6.79. The number of sulfonamides is 1. The molecule has 2 rings (SSSR count). The first-order chi connectivity index (χ1) is 10.2. The minimum absolute atomic E-state index is 0.00743. The Balaban J connectivity index is 2.33. The molecule has 7 nitrogen and oxygen atoms in total. The van der Waals surface area contributed by atoms with Crippen molar-refractivity contribution in [3.8, 4) is 0 Å². The average molecular weight is 343 g/mol. The van der Waals surface area contributed by atoms with Crippen molar-refractivity contribution in [2.24, 2.45) is 7.05 Å². The third-order valence-electron chi connectivity index (χ3n) is 2.86. The van der Waals surface area contributed by atoms with Gasteiger partial charge in [0.25, 0.3) is 15.9 Å². The summed E-state index contributed by atoms with van der Waals surface area (Å²) in [5.74, 6) is -0.225. The quantitative estimate of drug-likeness (QED) is 0.914. The van der Waals surface area contributed by atoms with Crippen molar-refractivity contribution in [3.63, 3.8) is 0 Å². The molecule has 0 bridgehead atoms. The number of aryl methyl sites for hydroxylation is 1. The standard InChI is InChI=1S/C13H15ClN4O3S/c1-17(2)13(19)9-5-4-6-10(7-9)16-22(20,21)12-11(14)18(3)8-15-12/h4-8,16H,1-3H3. The van der Waals surface area contributed by atoms with Gasteiger partial charge in [0.2, 0.25) is 5.03 Å². The molecule has 0 spiro atoms. The maximum absolute atomic E-state index is 12.3. The van der Waals surface area contributed by atoms with Gasteiger partial charge in [-0.25, -0.2) is 4.98 Å². The summed E-state index contributed by atoms with van der Waals surface area (Å²) in [5, 5.41) is -0.256. The van der Waals surface area contributed by atoms with E-state index in [0.717, 1.165) is 0 Å². The first-order valence-corrected chi connectivity index (χ1v) is 8.10. The first kappa shape index (κ1) is 16.3. The Morgan fingerprint density at radius 1 is 1.36 bits per heavy atom. The fourth-order valence-electron chi connectivity index (χ4n) is 1.75. The van der Waals surface area contributed by atoms with Gasteiger partial charge in [0.15, 0.2) is 0 Å². The van der Waals surface area contributed by atoms with Crippen LogP contribution in [-0.2, 0) is 17.1 Å². The number of hydrogen-bond donors (Lipinski definition) is 1. The van der Waals surface area contributed by atoms with Gasteiger partial charge in [0.1, 0.15) is 5.15 Å². The van der Waals surface area contributed by atoms with Gasteiger partial charge < -0.3 is 9.47 Å². The number of halogens is 1. The van der Waals surface area contributed by atoms with Crippen molar-refractivity contribution in [2.75, 3.05) is 18.8 Å². The number of aromatic nitrogens is 2. The van der Waals surface area contributed by atoms with Gasteiger partial charge in [-0.3, -0.25) is 9.52 Å². The number of benzene rings is 1.